The van der Waals surface area contributed by atoms with Crippen LogP contribution in [0.15, 0.2) is 42.7 Å². The summed E-state index contributed by atoms with van der Waals surface area (Å²) in [5.41, 5.74) is 1.72. The smallest absolute Gasteiger partial charge is 0.167 e. The minimum atomic E-state index is -0.419. The van der Waals surface area contributed by atoms with E-state index in [0.717, 1.165) is 48.8 Å². The van der Waals surface area contributed by atoms with Crippen LogP contribution in [0.25, 0.3) is 10.9 Å². The second-order valence-corrected chi connectivity index (χ2v) is 6.38. The van der Waals surface area contributed by atoms with Crippen molar-refractivity contribution in [1.82, 2.24) is 9.97 Å². The summed E-state index contributed by atoms with van der Waals surface area (Å²) in [5, 5.41) is 0.797. The van der Waals surface area contributed by atoms with Gasteiger partial charge in [0.1, 0.15) is 17.9 Å². The molecule has 0 spiro atoms. The van der Waals surface area contributed by atoms with Crippen LogP contribution in [0.5, 0.6) is 11.5 Å². The van der Waals surface area contributed by atoms with Gasteiger partial charge >= 0.3 is 0 Å². The number of ether oxygens (including phenoxy) is 2. The number of aromatic nitrogens is 2. The molecule has 3 aromatic rings. The fourth-order valence-corrected chi connectivity index (χ4v) is 3.44. The highest BCUT2D eigenvalue weighted by molar-refractivity contribution is 5.90. The van der Waals surface area contributed by atoms with Gasteiger partial charge in [0.2, 0.25) is 0 Å². The molecule has 1 aromatic heterocycles. The van der Waals surface area contributed by atoms with Crippen LogP contribution in [0, 0.1) is 5.82 Å². The third-order valence-electron chi connectivity index (χ3n) is 4.89. The molecule has 27 heavy (non-hydrogen) atoms. The third-order valence-corrected chi connectivity index (χ3v) is 4.89. The van der Waals surface area contributed by atoms with Crippen molar-refractivity contribution in [3.8, 4) is 11.5 Å². The van der Waals surface area contributed by atoms with E-state index in [0.29, 0.717) is 5.52 Å². The summed E-state index contributed by atoms with van der Waals surface area (Å²) < 4.78 is 24.4. The zero-order chi connectivity index (χ0) is 18.8. The summed E-state index contributed by atoms with van der Waals surface area (Å²) in [5.74, 6) is 1.44. The number of fused-ring (bicyclic) bond motifs is 1. The number of piperazine rings is 1. The van der Waals surface area contributed by atoms with E-state index in [9.17, 15) is 4.39 Å². The Labute approximate surface area is 157 Å². The molecule has 0 radical (unpaired) electrons. The van der Waals surface area contributed by atoms with Crippen LogP contribution >= 0.6 is 0 Å². The van der Waals surface area contributed by atoms with Crippen molar-refractivity contribution < 1.29 is 13.9 Å². The largest absolute Gasteiger partial charge is 0.497 e. The zero-order valence-corrected chi connectivity index (χ0v) is 15.4. The van der Waals surface area contributed by atoms with Gasteiger partial charge in [-0.3, -0.25) is 0 Å². The van der Waals surface area contributed by atoms with Gasteiger partial charge in [-0.05, 0) is 18.2 Å². The second kappa shape index (κ2) is 7.26. The molecule has 4 rings (SSSR count). The van der Waals surface area contributed by atoms with E-state index in [1.54, 1.807) is 13.2 Å². The maximum Gasteiger partial charge on any atom is 0.167 e. The van der Waals surface area contributed by atoms with Crippen LogP contribution in [0.3, 0.4) is 0 Å². The summed E-state index contributed by atoms with van der Waals surface area (Å²) in [6, 6.07) is 11.1. The van der Waals surface area contributed by atoms with Crippen molar-refractivity contribution in [3.63, 3.8) is 0 Å². The van der Waals surface area contributed by atoms with E-state index in [2.05, 4.69) is 25.8 Å². The number of hydrogen-bond donors (Lipinski definition) is 0. The van der Waals surface area contributed by atoms with Crippen LogP contribution in [-0.2, 0) is 0 Å². The highest BCUT2D eigenvalue weighted by Crippen LogP contribution is 2.30. The molecule has 0 N–H and O–H groups in total. The summed E-state index contributed by atoms with van der Waals surface area (Å²) in [6.45, 7) is 3.33. The predicted molar refractivity (Wildman–Crippen MR) is 103 cm³/mol. The lowest BCUT2D eigenvalue weighted by atomic mass is 10.2. The minimum Gasteiger partial charge on any atom is -0.497 e. The van der Waals surface area contributed by atoms with Gasteiger partial charge in [0.25, 0.3) is 0 Å². The average Bonchev–Trinajstić information content (AvgIpc) is 2.73. The van der Waals surface area contributed by atoms with Crippen LogP contribution in [-0.4, -0.2) is 50.4 Å². The molecular weight excluding hydrogens is 347 g/mol. The Kier molecular flexibility index (Phi) is 4.66. The average molecular weight is 368 g/mol. The molecular formula is C20H21FN4O2. The van der Waals surface area contributed by atoms with E-state index >= 15 is 0 Å². The molecule has 0 atom stereocenters. The lowest BCUT2D eigenvalue weighted by Crippen LogP contribution is -2.46. The Morgan fingerprint density at radius 3 is 2.44 bits per heavy atom. The molecule has 1 aliphatic heterocycles. The molecule has 0 saturated carbocycles. The van der Waals surface area contributed by atoms with Crippen LogP contribution in [0.1, 0.15) is 0 Å². The van der Waals surface area contributed by atoms with E-state index in [-0.39, 0.29) is 5.75 Å². The Bertz CT molecular complexity index is 958. The van der Waals surface area contributed by atoms with Gasteiger partial charge in [-0.2, -0.15) is 0 Å². The molecule has 1 aliphatic rings. The highest BCUT2D eigenvalue weighted by Gasteiger charge is 2.21. The number of nitrogens with zero attached hydrogens (tertiary/aromatic N) is 4. The molecule has 6 nitrogen and oxygen atoms in total. The standard InChI is InChI=1S/C20H21FN4O2/c1-26-15-5-3-4-14(10-15)24-6-8-25(9-7-24)20-16-11-19(27-2)17(21)12-18(16)22-13-23-20/h3-5,10-13H,6-9H2,1-2H3. The SMILES string of the molecule is COc1cccc(N2CCN(c3ncnc4cc(F)c(OC)cc34)CC2)c1. The first-order valence-electron chi connectivity index (χ1n) is 8.82. The highest BCUT2D eigenvalue weighted by atomic mass is 19.1. The fraction of sp³-hybridized carbons (Fsp3) is 0.300. The normalized spacial score (nSPS) is 14.5. The summed E-state index contributed by atoms with van der Waals surface area (Å²) >= 11 is 0. The number of rotatable bonds is 4. The Morgan fingerprint density at radius 2 is 1.70 bits per heavy atom. The molecule has 140 valence electrons. The van der Waals surface area contributed by atoms with Crippen LogP contribution in [0.2, 0.25) is 0 Å². The van der Waals surface area contributed by atoms with Crippen LogP contribution in [0.4, 0.5) is 15.9 Å². The molecule has 0 amide bonds. The number of hydrogen-bond acceptors (Lipinski definition) is 6. The lowest BCUT2D eigenvalue weighted by Gasteiger charge is -2.37. The number of benzene rings is 2. The van der Waals surface area contributed by atoms with Crippen molar-refractivity contribution in [2.75, 3.05) is 50.2 Å². The van der Waals surface area contributed by atoms with Gasteiger partial charge in [-0.15, -0.1) is 0 Å². The summed E-state index contributed by atoms with van der Waals surface area (Å²) in [6.07, 6.45) is 1.48. The quantitative estimate of drug-likeness (QED) is 0.705. The third kappa shape index (κ3) is 3.32. The zero-order valence-electron chi connectivity index (χ0n) is 15.4. The van der Waals surface area contributed by atoms with Crippen molar-refractivity contribution in [2.45, 2.75) is 0 Å². The van der Waals surface area contributed by atoms with Gasteiger partial charge in [0.05, 0.1) is 19.7 Å². The van der Waals surface area contributed by atoms with Gasteiger partial charge in [0.15, 0.2) is 11.6 Å². The summed E-state index contributed by atoms with van der Waals surface area (Å²) in [4.78, 5) is 13.2. The van der Waals surface area contributed by atoms with Crippen molar-refractivity contribution in [1.29, 1.82) is 0 Å². The van der Waals surface area contributed by atoms with Gasteiger partial charge in [-0.25, -0.2) is 14.4 Å². The van der Waals surface area contributed by atoms with E-state index in [1.807, 2.05) is 18.2 Å². The van der Waals surface area contributed by atoms with Crippen molar-refractivity contribution in [3.05, 3.63) is 48.5 Å². The van der Waals surface area contributed by atoms with Gasteiger partial charge < -0.3 is 19.3 Å². The van der Waals surface area contributed by atoms with E-state index in [1.165, 1.54) is 19.5 Å². The Balaban J connectivity index is 1.57. The Morgan fingerprint density at radius 1 is 0.926 bits per heavy atom. The number of halogens is 1. The molecule has 1 saturated heterocycles. The van der Waals surface area contributed by atoms with Gasteiger partial charge in [0, 0.05) is 49.4 Å². The maximum atomic E-state index is 14.0. The molecule has 0 aliphatic carbocycles. The van der Waals surface area contributed by atoms with Gasteiger partial charge in [-0.1, -0.05) is 6.07 Å². The fourth-order valence-electron chi connectivity index (χ4n) is 3.44. The molecule has 0 unspecified atom stereocenters. The van der Waals surface area contributed by atoms with Crippen molar-refractivity contribution in [2.24, 2.45) is 0 Å². The summed E-state index contributed by atoms with van der Waals surface area (Å²) in [7, 11) is 3.13. The predicted octanol–water partition coefficient (Wildman–Crippen LogP) is 3.11. The first-order valence-corrected chi connectivity index (χ1v) is 8.82. The molecule has 2 aromatic carbocycles. The lowest BCUT2D eigenvalue weighted by molar-refractivity contribution is 0.387. The maximum absolute atomic E-state index is 14.0. The number of methoxy groups -OCH3 is 2. The molecule has 2 heterocycles. The monoisotopic (exact) mass is 368 g/mol. The Hall–Kier alpha value is -3.09. The topological polar surface area (TPSA) is 50.7 Å². The molecule has 1 fully saturated rings. The molecule has 7 heteroatoms. The van der Waals surface area contributed by atoms with E-state index in [4.69, 9.17) is 9.47 Å². The van der Waals surface area contributed by atoms with E-state index < -0.39 is 5.82 Å². The first kappa shape index (κ1) is 17.3. The first-order chi connectivity index (χ1) is 13.2. The van der Waals surface area contributed by atoms with Crippen LogP contribution < -0.4 is 19.3 Å². The van der Waals surface area contributed by atoms with Crippen molar-refractivity contribution >= 4 is 22.4 Å². The minimum absolute atomic E-state index is 0.202. The number of anilines is 2. The molecule has 0 bridgehead atoms. The second-order valence-electron chi connectivity index (χ2n) is 6.38.